The first-order valence-electron chi connectivity index (χ1n) is 9.17. The second-order valence-electron chi connectivity index (χ2n) is 7.42. The van der Waals surface area contributed by atoms with Gasteiger partial charge in [0.1, 0.15) is 5.82 Å². The number of aryl methyl sites for hydroxylation is 1. The van der Waals surface area contributed by atoms with E-state index in [-0.39, 0.29) is 29.6 Å². The molecule has 4 nitrogen and oxygen atoms in total. The summed E-state index contributed by atoms with van der Waals surface area (Å²) in [5.41, 5.74) is 2.23. The van der Waals surface area contributed by atoms with E-state index in [1.807, 2.05) is 36.1 Å². The van der Waals surface area contributed by atoms with Gasteiger partial charge in [0.05, 0.1) is 18.8 Å². The third-order valence-corrected chi connectivity index (χ3v) is 5.48. The predicted octanol–water partition coefficient (Wildman–Crippen LogP) is 3.52. The zero-order valence-corrected chi connectivity index (χ0v) is 14.6. The van der Waals surface area contributed by atoms with Gasteiger partial charge in [-0.25, -0.2) is 4.39 Å². The van der Waals surface area contributed by atoms with Gasteiger partial charge in [-0.2, -0.15) is 5.10 Å². The Hall–Kier alpha value is -2.17. The highest BCUT2D eigenvalue weighted by atomic mass is 19.1. The number of amides is 1. The number of hydrogen-bond acceptors (Lipinski definition) is 2. The van der Waals surface area contributed by atoms with Crippen molar-refractivity contribution in [1.29, 1.82) is 0 Å². The van der Waals surface area contributed by atoms with Gasteiger partial charge in [0, 0.05) is 18.7 Å². The molecule has 2 heterocycles. The SMILES string of the molecule is Cc1cnn(C[C@@H]2CCCCN2C(=O)[C@@H]2C[C@@H]2c2ccc(F)cc2)c1. The Balaban J connectivity index is 1.43. The first-order chi connectivity index (χ1) is 12.1. The molecule has 2 fully saturated rings. The summed E-state index contributed by atoms with van der Waals surface area (Å²) in [6, 6.07) is 6.83. The first kappa shape index (κ1) is 16.3. The van der Waals surface area contributed by atoms with E-state index < -0.39 is 0 Å². The van der Waals surface area contributed by atoms with Crippen molar-refractivity contribution in [2.45, 2.75) is 51.1 Å². The molecule has 0 N–H and O–H groups in total. The molecule has 4 rings (SSSR count). The van der Waals surface area contributed by atoms with Crippen molar-refractivity contribution in [2.75, 3.05) is 6.54 Å². The van der Waals surface area contributed by atoms with E-state index in [9.17, 15) is 9.18 Å². The molecule has 0 bridgehead atoms. The van der Waals surface area contributed by atoms with Gasteiger partial charge in [0.25, 0.3) is 0 Å². The second-order valence-corrected chi connectivity index (χ2v) is 7.42. The molecule has 0 spiro atoms. The quantitative estimate of drug-likeness (QED) is 0.853. The molecule has 25 heavy (non-hydrogen) atoms. The Labute approximate surface area is 147 Å². The fraction of sp³-hybridized carbons (Fsp3) is 0.500. The molecule has 1 saturated carbocycles. The number of carbonyl (C=O) groups is 1. The van der Waals surface area contributed by atoms with Crippen LogP contribution < -0.4 is 0 Å². The highest BCUT2D eigenvalue weighted by Crippen LogP contribution is 2.49. The van der Waals surface area contributed by atoms with E-state index in [0.717, 1.165) is 43.5 Å². The molecule has 2 aromatic rings. The van der Waals surface area contributed by atoms with Crippen molar-refractivity contribution in [1.82, 2.24) is 14.7 Å². The van der Waals surface area contributed by atoms with E-state index in [2.05, 4.69) is 10.00 Å². The smallest absolute Gasteiger partial charge is 0.226 e. The Bertz CT molecular complexity index is 755. The summed E-state index contributed by atoms with van der Waals surface area (Å²) in [6.45, 7) is 3.65. The molecule has 1 aromatic heterocycles. The van der Waals surface area contributed by atoms with Crippen LogP contribution in [0.1, 0.15) is 42.7 Å². The van der Waals surface area contributed by atoms with Crippen LogP contribution in [0.4, 0.5) is 4.39 Å². The summed E-state index contributed by atoms with van der Waals surface area (Å²) in [5.74, 6) is 0.355. The maximum atomic E-state index is 13.1. The molecular formula is C20H24FN3O. The van der Waals surface area contributed by atoms with Gasteiger partial charge in [-0.1, -0.05) is 12.1 Å². The van der Waals surface area contributed by atoms with Crippen LogP contribution in [-0.2, 0) is 11.3 Å². The fourth-order valence-corrected chi connectivity index (χ4v) is 4.02. The summed E-state index contributed by atoms with van der Waals surface area (Å²) in [6.07, 6.45) is 8.07. The van der Waals surface area contributed by atoms with Crippen LogP contribution in [0.3, 0.4) is 0 Å². The van der Waals surface area contributed by atoms with Crippen LogP contribution in [0, 0.1) is 18.7 Å². The summed E-state index contributed by atoms with van der Waals surface area (Å²) in [5, 5.41) is 4.38. The zero-order valence-electron chi connectivity index (χ0n) is 14.6. The van der Waals surface area contributed by atoms with Crippen molar-refractivity contribution in [2.24, 2.45) is 5.92 Å². The topological polar surface area (TPSA) is 38.1 Å². The highest BCUT2D eigenvalue weighted by Gasteiger charge is 2.47. The third-order valence-electron chi connectivity index (χ3n) is 5.48. The van der Waals surface area contributed by atoms with Crippen molar-refractivity contribution in [3.8, 4) is 0 Å². The Morgan fingerprint density at radius 3 is 2.80 bits per heavy atom. The van der Waals surface area contributed by atoms with Crippen molar-refractivity contribution >= 4 is 5.91 Å². The first-order valence-corrected chi connectivity index (χ1v) is 9.17. The minimum atomic E-state index is -0.224. The van der Waals surface area contributed by atoms with Gasteiger partial charge in [0.15, 0.2) is 0 Å². The predicted molar refractivity (Wildman–Crippen MR) is 93.6 cm³/mol. The number of hydrogen-bond donors (Lipinski definition) is 0. The molecule has 1 aliphatic carbocycles. The molecule has 0 unspecified atom stereocenters. The Morgan fingerprint density at radius 2 is 2.08 bits per heavy atom. The number of piperidine rings is 1. The lowest BCUT2D eigenvalue weighted by molar-refractivity contribution is -0.136. The standard InChI is InChI=1S/C20H24FN3O/c1-14-11-22-23(12-14)13-17-4-2-3-9-24(17)20(25)19-10-18(19)15-5-7-16(21)8-6-15/h5-8,11-12,17-19H,2-4,9-10,13H2,1H3/t17-,18+,19+/m0/s1. The van der Waals surface area contributed by atoms with Crippen LogP contribution in [0.15, 0.2) is 36.7 Å². The number of rotatable bonds is 4. The van der Waals surface area contributed by atoms with Crippen LogP contribution in [0.2, 0.25) is 0 Å². The maximum absolute atomic E-state index is 13.1. The minimum Gasteiger partial charge on any atom is -0.338 e. The van der Waals surface area contributed by atoms with Gasteiger partial charge in [0.2, 0.25) is 5.91 Å². The molecule has 1 aromatic carbocycles. The number of carbonyl (C=O) groups excluding carboxylic acids is 1. The fourth-order valence-electron chi connectivity index (χ4n) is 4.02. The molecule has 1 amide bonds. The molecule has 2 aliphatic rings. The maximum Gasteiger partial charge on any atom is 0.226 e. The molecule has 3 atom stereocenters. The molecule has 5 heteroatoms. The van der Waals surface area contributed by atoms with Gasteiger partial charge >= 0.3 is 0 Å². The van der Waals surface area contributed by atoms with Crippen molar-refractivity contribution in [3.05, 3.63) is 53.6 Å². The lowest BCUT2D eigenvalue weighted by Crippen LogP contribution is -2.46. The Morgan fingerprint density at radius 1 is 1.28 bits per heavy atom. The van der Waals surface area contributed by atoms with Gasteiger partial charge in [-0.3, -0.25) is 9.48 Å². The molecule has 1 aliphatic heterocycles. The number of benzene rings is 1. The number of likely N-dealkylation sites (tertiary alicyclic amines) is 1. The van der Waals surface area contributed by atoms with Crippen LogP contribution in [-0.4, -0.2) is 33.2 Å². The lowest BCUT2D eigenvalue weighted by atomic mass is 10.0. The molecule has 1 saturated heterocycles. The van der Waals surface area contributed by atoms with Crippen LogP contribution in [0.5, 0.6) is 0 Å². The van der Waals surface area contributed by atoms with E-state index in [1.165, 1.54) is 18.6 Å². The summed E-state index contributed by atoms with van der Waals surface area (Å²) >= 11 is 0. The Kier molecular flexibility index (Phi) is 4.32. The minimum absolute atomic E-state index is 0.0606. The van der Waals surface area contributed by atoms with Gasteiger partial charge < -0.3 is 4.90 Å². The molecule has 0 radical (unpaired) electrons. The van der Waals surface area contributed by atoms with Gasteiger partial charge in [-0.05, 0) is 61.8 Å². The monoisotopic (exact) mass is 341 g/mol. The third kappa shape index (κ3) is 3.46. The number of nitrogens with zero attached hydrogens (tertiary/aromatic N) is 3. The summed E-state index contributed by atoms with van der Waals surface area (Å²) < 4.78 is 15.0. The highest BCUT2D eigenvalue weighted by molar-refractivity contribution is 5.83. The van der Waals surface area contributed by atoms with Crippen LogP contribution in [0.25, 0.3) is 0 Å². The number of halogens is 1. The number of aromatic nitrogens is 2. The van der Waals surface area contributed by atoms with Crippen LogP contribution >= 0.6 is 0 Å². The van der Waals surface area contributed by atoms with Crippen molar-refractivity contribution in [3.63, 3.8) is 0 Å². The summed E-state index contributed by atoms with van der Waals surface area (Å²) in [7, 11) is 0. The lowest BCUT2D eigenvalue weighted by Gasteiger charge is -2.36. The van der Waals surface area contributed by atoms with E-state index in [4.69, 9.17) is 0 Å². The zero-order chi connectivity index (χ0) is 17.4. The van der Waals surface area contributed by atoms with Crippen molar-refractivity contribution < 1.29 is 9.18 Å². The second kappa shape index (κ2) is 6.62. The molecule has 132 valence electrons. The average Bonchev–Trinajstić information content (AvgIpc) is 3.31. The van der Waals surface area contributed by atoms with E-state index in [0.29, 0.717) is 0 Å². The largest absolute Gasteiger partial charge is 0.338 e. The average molecular weight is 341 g/mol. The summed E-state index contributed by atoms with van der Waals surface area (Å²) in [4.78, 5) is 15.1. The van der Waals surface area contributed by atoms with E-state index >= 15 is 0 Å². The molecular weight excluding hydrogens is 317 g/mol. The van der Waals surface area contributed by atoms with E-state index in [1.54, 1.807) is 0 Å². The normalized spacial score (nSPS) is 25.8. The van der Waals surface area contributed by atoms with Gasteiger partial charge in [-0.15, -0.1) is 0 Å².